The highest BCUT2D eigenvalue weighted by Crippen LogP contribution is 2.40. The third kappa shape index (κ3) is 2.89. The van der Waals surface area contributed by atoms with Gasteiger partial charge in [0.05, 0.1) is 11.0 Å². The van der Waals surface area contributed by atoms with Crippen LogP contribution >= 0.6 is 0 Å². The molecule has 2 atom stereocenters. The van der Waals surface area contributed by atoms with Gasteiger partial charge in [-0.3, -0.25) is 9.59 Å². The zero-order valence-electron chi connectivity index (χ0n) is 14.3. The topological polar surface area (TPSA) is 93.3 Å². The third-order valence-corrected chi connectivity index (χ3v) is 5.12. The standard InChI is InChI=1S/C18H23N5O2/c1-20-18(25)15-8-12(19)9-22(15)16(24)10-23-14-5-3-2-4-13(14)21-17(23)11-6-7-11/h2-5,11-12,15H,6-10,19H2,1H3,(H,20,25)/t12-,15+/m1/s1. The molecule has 1 aromatic carbocycles. The maximum atomic E-state index is 13.0. The van der Waals surface area contributed by atoms with Gasteiger partial charge in [0.25, 0.3) is 0 Å². The molecule has 1 aliphatic carbocycles. The zero-order valence-corrected chi connectivity index (χ0v) is 14.3. The lowest BCUT2D eigenvalue weighted by Gasteiger charge is -2.24. The van der Waals surface area contributed by atoms with Crippen molar-refractivity contribution in [1.82, 2.24) is 19.8 Å². The van der Waals surface area contributed by atoms with Gasteiger partial charge < -0.3 is 20.5 Å². The number of aromatic nitrogens is 2. The number of carbonyl (C=O) groups excluding carboxylic acids is 2. The van der Waals surface area contributed by atoms with Crippen LogP contribution in [0.4, 0.5) is 0 Å². The van der Waals surface area contributed by atoms with Gasteiger partial charge in [0.1, 0.15) is 18.4 Å². The summed E-state index contributed by atoms with van der Waals surface area (Å²) < 4.78 is 2.01. The Balaban J connectivity index is 1.63. The second-order valence-electron chi connectivity index (χ2n) is 6.99. The number of nitrogens with two attached hydrogens (primary N) is 1. The molecular formula is C18H23N5O2. The minimum Gasteiger partial charge on any atom is -0.357 e. The zero-order chi connectivity index (χ0) is 17.6. The Morgan fingerprint density at radius 3 is 2.80 bits per heavy atom. The number of amides is 2. The van der Waals surface area contributed by atoms with Crippen LogP contribution in [0, 0.1) is 0 Å². The summed E-state index contributed by atoms with van der Waals surface area (Å²) in [6, 6.07) is 7.25. The molecule has 2 fully saturated rings. The monoisotopic (exact) mass is 341 g/mol. The molecule has 7 nitrogen and oxygen atoms in total. The first-order valence-electron chi connectivity index (χ1n) is 8.80. The molecule has 2 heterocycles. The Morgan fingerprint density at radius 1 is 1.32 bits per heavy atom. The Labute approximate surface area is 146 Å². The van der Waals surface area contributed by atoms with Crippen molar-refractivity contribution in [3.05, 3.63) is 30.1 Å². The molecule has 0 spiro atoms. The largest absolute Gasteiger partial charge is 0.357 e. The molecule has 7 heteroatoms. The minimum absolute atomic E-state index is 0.0772. The van der Waals surface area contributed by atoms with Crippen molar-refractivity contribution in [2.75, 3.05) is 13.6 Å². The fraction of sp³-hybridized carbons (Fsp3) is 0.500. The van der Waals surface area contributed by atoms with E-state index < -0.39 is 6.04 Å². The quantitative estimate of drug-likeness (QED) is 0.851. The van der Waals surface area contributed by atoms with E-state index in [2.05, 4.69) is 5.32 Å². The number of fused-ring (bicyclic) bond motifs is 1. The molecule has 0 radical (unpaired) electrons. The molecule has 1 saturated carbocycles. The fourth-order valence-electron chi connectivity index (χ4n) is 3.70. The molecule has 132 valence electrons. The van der Waals surface area contributed by atoms with Gasteiger partial charge in [0, 0.05) is 25.6 Å². The van der Waals surface area contributed by atoms with Gasteiger partial charge in [-0.15, -0.1) is 0 Å². The van der Waals surface area contributed by atoms with Gasteiger partial charge in [0.2, 0.25) is 11.8 Å². The first-order chi connectivity index (χ1) is 12.1. The molecule has 3 N–H and O–H groups in total. The van der Waals surface area contributed by atoms with Gasteiger partial charge in [-0.05, 0) is 31.4 Å². The van der Waals surface area contributed by atoms with Crippen molar-refractivity contribution in [1.29, 1.82) is 0 Å². The second kappa shape index (κ2) is 6.15. The van der Waals surface area contributed by atoms with Gasteiger partial charge in [-0.2, -0.15) is 0 Å². The van der Waals surface area contributed by atoms with E-state index in [0.29, 0.717) is 18.9 Å². The molecule has 2 amide bonds. The van der Waals surface area contributed by atoms with E-state index in [0.717, 1.165) is 29.7 Å². The summed E-state index contributed by atoms with van der Waals surface area (Å²) in [7, 11) is 1.59. The van der Waals surface area contributed by atoms with Crippen molar-refractivity contribution in [2.24, 2.45) is 5.73 Å². The molecular weight excluding hydrogens is 318 g/mol. The second-order valence-corrected chi connectivity index (χ2v) is 6.99. The number of carbonyl (C=O) groups is 2. The number of nitrogens with one attached hydrogen (secondary N) is 1. The summed E-state index contributed by atoms with van der Waals surface area (Å²) in [5, 5.41) is 2.63. The molecule has 0 bridgehead atoms. The molecule has 1 saturated heterocycles. The average molecular weight is 341 g/mol. The Bertz CT molecular complexity index is 826. The van der Waals surface area contributed by atoms with Crippen molar-refractivity contribution in [3.8, 4) is 0 Å². The molecule has 25 heavy (non-hydrogen) atoms. The number of hydrogen-bond acceptors (Lipinski definition) is 4. The highest BCUT2D eigenvalue weighted by atomic mass is 16.2. The normalized spacial score (nSPS) is 23.2. The van der Waals surface area contributed by atoms with Crippen LogP contribution in [-0.4, -0.2) is 51.9 Å². The number of imidazole rings is 1. The van der Waals surface area contributed by atoms with E-state index in [1.165, 1.54) is 0 Å². The van der Waals surface area contributed by atoms with Gasteiger partial charge in [-0.1, -0.05) is 12.1 Å². The SMILES string of the molecule is CNC(=O)[C@@H]1C[C@@H](N)CN1C(=O)Cn1c(C2CC2)nc2ccccc21. The maximum absolute atomic E-state index is 13.0. The molecule has 1 aromatic heterocycles. The Kier molecular flexibility index (Phi) is 3.95. The van der Waals surface area contributed by atoms with Crippen LogP contribution in [0.2, 0.25) is 0 Å². The summed E-state index contributed by atoms with van der Waals surface area (Å²) in [5.74, 6) is 1.19. The first-order valence-corrected chi connectivity index (χ1v) is 8.80. The van der Waals surface area contributed by atoms with E-state index in [4.69, 9.17) is 10.7 Å². The molecule has 4 rings (SSSR count). The number of para-hydroxylation sites is 2. The number of likely N-dealkylation sites (tertiary alicyclic amines) is 1. The minimum atomic E-state index is -0.480. The van der Waals surface area contributed by atoms with Crippen LogP contribution in [0.3, 0.4) is 0 Å². The number of hydrogen-bond donors (Lipinski definition) is 2. The molecule has 1 aliphatic heterocycles. The lowest BCUT2D eigenvalue weighted by atomic mass is 10.1. The summed E-state index contributed by atoms with van der Waals surface area (Å²) in [5.41, 5.74) is 7.89. The smallest absolute Gasteiger partial charge is 0.243 e. The number of rotatable bonds is 4. The van der Waals surface area contributed by atoms with Crippen molar-refractivity contribution >= 4 is 22.8 Å². The van der Waals surface area contributed by atoms with Crippen LogP contribution in [-0.2, 0) is 16.1 Å². The first kappa shape index (κ1) is 16.1. The predicted molar refractivity (Wildman–Crippen MR) is 93.9 cm³/mol. The fourth-order valence-corrected chi connectivity index (χ4v) is 3.70. The third-order valence-electron chi connectivity index (χ3n) is 5.12. The van der Waals surface area contributed by atoms with Crippen LogP contribution in [0.15, 0.2) is 24.3 Å². The summed E-state index contributed by atoms with van der Waals surface area (Å²) in [4.78, 5) is 31.4. The van der Waals surface area contributed by atoms with E-state index in [9.17, 15) is 9.59 Å². The molecule has 2 aliphatic rings. The highest BCUT2D eigenvalue weighted by Gasteiger charge is 2.38. The lowest BCUT2D eigenvalue weighted by molar-refractivity contribution is -0.138. The highest BCUT2D eigenvalue weighted by molar-refractivity contribution is 5.89. The predicted octanol–water partition coefficient (Wildman–Crippen LogP) is 0.588. The summed E-state index contributed by atoms with van der Waals surface area (Å²) in [6.07, 6.45) is 2.74. The lowest BCUT2D eigenvalue weighted by Crippen LogP contribution is -2.46. The van der Waals surface area contributed by atoms with Crippen molar-refractivity contribution in [2.45, 2.75) is 43.8 Å². The molecule has 0 unspecified atom stereocenters. The number of nitrogens with zero attached hydrogens (tertiary/aromatic N) is 3. The van der Waals surface area contributed by atoms with Gasteiger partial charge in [0.15, 0.2) is 0 Å². The van der Waals surface area contributed by atoms with E-state index >= 15 is 0 Å². The van der Waals surface area contributed by atoms with Crippen LogP contribution in [0.25, 0.3) is 11.0 Å². The summed E-state index contributed by atoms with van der Waals surface area (Å²) >= 11 is 0. The van der Waals surface area contributed by atoms with Crippen LogP contribution in [0.5, 0.6) is 0 Å². The van der Waals surface area contributed by atoms with E-state index in [-0.39, 0.29) is 24.4 Å². The maximum Gasteiger partial charge on any atom is 0.243 e. The van der Waals surface area contributed by atoms with Crippen molar-refractivity contribution < 1.29 is 9.59 Å². The van der Waals surface area contributed by atoms with E-state index in [1.54, 1.807) is 11.9 Å². The Hall–Kier alpha value is -2.41. The summed E-state index contributed by atoms with van der Waals surface area (Å²) in [6.45, 7) is 0.620. The van der Waals surface area contributed by atoms with Crippen molar-refractivity contribution in [3.63, 3.8) is 0 Å². The average Bonchev–Trinajstić information content (AvgIpc) is 3.29. The van der Waals surface area contributed by atoms with Crippen LogP contribution < -0.4 is 11.1 Å². The van der Waals surface area contributed by atoms with Gasteiger partial charge >= 0.3 is 0 Å². The Morgan fingerprint density at radius 2 is 2.08 bits per heavy atom. The van der Waals surface area contributed by atoms with E-state index in [1.807, 2.05) is 28.8 Å². The number of benzene rings is 1. The molecule has 2 aromatic rings. The van der Waals surface area contributed by atoms with Gasteiger partial charge in [-0.25, -0.2) is 4.98 Å². The van der Waals surface area contributed by atoms with Crippen LogP contribution in [0.1, 0.15) is 31.0 Å². The number of likely N-dealkylation sites (N-methyl/N-ethyl adjacent to an activating group) is 1.